The summed E-state index contributed by atoms with van der Waals surface area (Å²) in [6.07, 6.45) is 3.57. The number of methoxy groups -OCH3 is 1. The van der Waals surface area contributed by atoms with Crippen LogP contribution in [0.4, 0.5) is 5.69 Å². The number of para-hydroxylation sites is 1. The maximum Gasteiger partial charge on any atom is 0.227 e. The minimum atomic E-state index is -0.216. The van der Waals surface area contributed by atoms with E-state index < -0.39 is 0 Å². The molecule has 1 amide bonds. The van der Waals surface area contributed by atoms with E-state index >= 15 is 0 Å². The van der Waals surface area contributed by atoms with Crippen LogP contribution >= 0.6 is 0 Å². The monoisotopic (exact) mass is 343 g/mol. The number of carbonyl (C=O) groups excluding carboxylic acids is 1. The number of carbonyl (C=O) groups is 1. The molecule has 1 aliphatic heterocycles. The molecule has 2 aromatic rings. The standard InChI is InChI=1S/C19H25N3O3/c1-4-15-10-9-14-7-5-6-8-16(14)22(15)18(23)12-11-17-20-19(21-25-17)13(2)24-3/h5-8,13,15H,4,9-12H2,1-3H3/t13-,15-/m0/s1. The van der Waals surface area contributed by atoms with Gasteiger partial charge in [-0.15, -0.1) is 0 Å². The highest BCUT2D eigenvalue weighted by molar-refractivity contribution is 5.95. The molecule has 0 radical (unpaired) electrons. The van der Waals surface area contributed by atoms with Crippen molar-refractivity contribution in [2.24, 2.45) is 0 Å². The summed E-state index contributed by atoms with van der Waals surface area (Å²) in [5.41, 5.74) is 2.29. The zero-order valence-corrected chi connectivity index (χ0v) is 15.1. The topological polar surface area (TPSA) is 68.5 Å². The van der Waals surface area contributed by atoms with Gasteiger partial charge in [0.2, 0.25) is 11.8 Å². The van der Waals surface area contributed by atoms with Crippen LogP contribution in [0.3, 0.4) is 0 Å². The third-order valence-corrected chi connectivity index (χ3v) is 4.86. The summed E-state index contributed by atoms with van der Waals surface area (Å²) in [5, 5.41) is 3.91. The lowest BCUT2D eigenvalue weighted by atomic mass is 9.94. The quantitative estimate of drug-likeness (QED) is 0.803. The first-order valence-electron chi connectivity index (χ1n) is 8.89. The van der Waals surface area contributed by atoms with Gasteiger partial charge in [0.15, 0.2) is 5.82 Å². The number of anilines is 1. The van der Waals surface area contributed by atoms with E-state index in [1.165, 1.54) is 5.56 Å². The highest BCUT2D eigenvalue weighted by Crippen LogP contribution is 2.32. The minimum absolute atomic E-state index is 0.110. The van der Waals surface area contributed by atoms with Gasteiger partial charge in [0.05, 0.1) is 0 Å². The van der Waals surface area contributed by atoms with Crippen molar-refractivity contribution < 1.29 is 14.1 Å². The number of hydrogen-bond acceptors (Lipinski definition) is 5. The van der Waals surface area contributed by atoms with Gasteiger partial charge in [-0.25, -0.2) is 0 Å². The lowest BCUT2D eigenvalue weighted by molar-refractivity contribution is -0.119. The van der Waals surface area contributed by atoms with Gasteiger partial charge in [-0.1, -0.05) is 30.3 Å². The van der Waals surface area contributed by atoms with Crippen molar-refractivity contribution in [1.82, 2.24) is 10.1 Å². The molecule has 0 fully saturated rings. The average Bonchev–Trinajstić information content (AvgIpc) is 3.13. The van der Waals surface area contributed by atoms with E-state index in [-0.39, 0.29) is 18.1 Å². The zero-order valence-electron chi connectivity index (χ0n) is 15.1. The summed E-state index contributed by atoms with van der Waals surface area (Å²) in [7, 11) is 1.60. The Morgan fingerprint density at radius 1 is 1.44 bits per heavy atom. The van der Waals surface area contributed by atoms with Gasteiger partial charge in [0.1, 0.15) is 6.10 Å². The number of hydrogen-bond donors (Lipinski definition) is 0. The fraction of sp³-hybridized carbons (Fsp3) is 0.526. The molecule has 3 rings (SSSR count). The molecule has 1 aromatic heterocycles. The lowest BCUT2D eigenvalue weighted by Crippen LogP contribution is -2.43. The molecule has 6 nitrogen and oxygen atoms in total. The zero-order chi connectivity index (χ0) is 17.8. The number of aromatic nitrogens is 2. The van der Waals surface area contributed by atoms with Crippen molar-refractivity contribution in [2.45, 2.75) is 58.1 Å². The molecule has 25 heavy (non-hydrogen) atoms. The van der Waals surface area contributed by atoms with Crippen LogP contribution in [0.1, 0.15) is 56.5 Å². The lowest BCUT2D eigenvalue weighted by Gasteiger charge is -2.37. The molecule has 2 atom stereocenters. The maximum absolute atomic E-state index is 12.9. The van der Waals surface area contributed by atoms with Crippen LogP contribution in [-0.2, 0) is 22.4 Å². The molecular weight excluding hydrogens is 318 g/mol. The number of benzene rings is 1. The summed E-state index contributed by atoms with van der Waals surface area (Å²) in [5.74, 6) is 1.10. The Hall–Kier alpha value is -2.21. The SMILES string of the molecule is CC[C@H]1CCc2ccccc2N1C(=O)CCc1nc([C@H](C)OC)no1. The third-order valence-electron chi connectivity index (χ3n) is 4.86. The molecule has 0 saturated carbocycles. The Balaban J connectivity index is 1.70. The van der Waals surface area contributed by atoms with Crippen LogP contribution in [0.25, 0.3) is 0 Å². The highest BCUT2D eigenvalue weighted by atomic mass is 16.5. The van der Waals surface area contributed by atoms with Gasteiger partial charge in [0.25, 0.3) is 0 Å². The number of aryl methyl sites for hydroxylation is 2. The number of fused-ring (bicyclic) bond motifs is 1. The molecule has 0 saturated heterocycles. The number of rotatable bonds is 6. The minimum Gasteiger partial charge on any atom is -0.374 e. The van der Waals surface area contributed by atoms with Crippen molar-refractivity contribution in [3.63, 3.8) is 0 Å². The normalized spacial score (nSPS) is 18.0. The van der Waals surface area contributed by atoms with Crippen molar-refractivity contribution in [3.05, 3.63) is 41.5 Å². The first-order chi connectivity index (χ1) is 12.1. The molecule has 1 aliphatic rings. The van der Waals surface area contributed by atoms with Crippen molar-refractivity contribution >= 4 is 11.6 Å². The largest absolute Gasteiger partial charge is 0.374 e. The van der Waals surface area contributed by atoms with Gasteiger partial charge in [-0.3, -0.25) is 4.79 Å². The number of amides is 1. The van der Waals surface area contributed by atoms with Crippen LogP contribution in [0.2, 0.25) is 0 Å². The van der Waals surface area contributed by atoms with E-state index in [2.05, 4.69) is 23.1 Å². The van der Waals surface area contributed by atoms with Crippen LogP contribution in [-0.4, -0.2) is 29.2 Å². The number of ether oxygens (including phenoxy) is 1. The third kappa shape index (κ3) is 3.74. The van der Waals surface area contributed by atoms with Crippen LogP contribution < -0.4 is 4.90 Å². The fourth-order valence-electron chi connectivity index (χ4n) is 3.30. The Kier molecular flexibility index (Phi) is 5.48. The summed E-state index contributed by atoms with van der Waals surface area (Å²) >= 11 is 0. The Labute approximate surface area is 148 Å². The van der Waals surface area contributed by atoms with Crippen LogP contribution in [0.15, 0.2) is 28.8 Å². The van der Waals surface area contributed by atoms with Crippen LogP contribution in [0.5, 0.6) is 0 Å². The number of nitrogens with zero attached hydrogens (tertiary/aromatic N) is 3. The predicted molar refractivity (Wildman–Crippen MR) is 94.4 cm³/mol. The molecule has 2 heterocycles. The molecule has 0 N–H and O–H groups in total. The molecule has 6 heteroatoms. The van der Waals surface area contributed by atoms with E-state index in [4.69, 9.17) is 9.26 Å². The van der Waals surface area contributed by atoms with E-state index in [0.29, 0.717) is 24.6 Å². The average molecular weight is 343 g/mol. The van der Waals surface area contributed by atoms with E-state index in [1.54, 1.807) is 7.11 Å². The predicted octanol–water partition coefficient (Wildman–Crippen LogP) is 3.47. The summed E-state index contributed by atoms with van der Waals surface area (Å²) < 4.78 is 10.4. The first kappa shape index (κ1) is 17.6. The maximum atomic E-state index is 12.9. The summed E-state index contributed by atoms with van der Waals surface area (Å²) in [6, 6.07) is 8.44. The van der Waals surface area contributed by atoms with E-state index in [0.717, 1.165) is 24.9 Å². The van der Waals surface area contributed by atoms with Gasteiger partial charge >= 0.3 is 0 Å². The molecule has 0 unspecified atom stereocenters. The second kappa shape index (κ2) is 7.78. The second-order valence-corrected chi connectivity index (χ2v) is 6.42. The summed E-state index contributed by atoms with van der Waals surface area (Å²) in [6.45, 7) is 3.99. The highest BCUT2D eigenvalue weighted by Gasteiger charge is 2.29. The Morgan fingerprint density at radius 3 is 3.00 bits per heavy atom. The van der Waals surface area contributed by atoms with Crippen molar-refractivity contribution in [3.8, 4) is 0 Å². The van der Waals surface area contributed by atoms with Crippen molar-refractivity contribution in [2.75, 3.05) is 12.0 Å². The van der Waals surface area contributed by atoms with Crippen LogP contribution in [0, 0.1) is 0 Å². The molecule has 0 bridgehead atoms. The van der Waals surface area contributed by atoms with Gasteiger partial charge in [-0.05, 0) is 37.8 Å². The van der Waals surface area contributed by atoms with Gasteiger partial charge in [0, 0.05) is 31.7 Å². The molecule has 0 aliphatic carbocycles. The van der Waals surface area contributed by atoms with Gasteiger partial charge in [-0.2, -0.15) is 4.98 Å². The second-order valence-electron chi connectivity index (χ2n) is 6.42. The molecule has 1 aromatic carbocycles. The van der Waals surface area contributed by atoms with Gasteiger partial charge < -0.3 is 14.2 Å². The molecular formula is C19H25N3O3. The Morgan fingerprint density at radius 2 is 2.24 bits per heavy atom. The van der Waals surface area contributed by atoms with E-state index in [1.807, 2.05) is 30.0 Å². The summed E-state index contributed by atoms with van der Waals surface area (Å²) in [4.78, 5) is 19.2. The van der Waals surface area contributed by atoms with E-state index in [9.17, 15) is 4.79 Å². The van der Waals surface area contributed by atoms with Crippen molar-refractivity contribution in [1.29, 1.82) is 0 Å². The molecule has 0 spiro atoms. The fourth-order valence-corrected chi connectivity index (χ4v) is 3.30. The smallest absolute Gasteiger partial charge is 0.227 e. The Bertz CT molecular complexity index is 728. The first-order valence-corrected chi connectivity index (χ1v) is 8.89. The molecule has 134 valence electrons.